The number of hydrogen-bond acceptors (Lipinski definition) is 3. The summed E-state index contributed by atoms with van der Waals surface area (Å²) < 4.78 is 0. The van der Waals surface area contributed by atoms with Crippen LogP contribution >= 0.6 is 0 Å². The van der Waals surface area contributed by atoms with E-state index in [1.807, 2.05) is 0 Å². The molecule has 1 saturated heterocycles. The highest BCUT2D eigenvalue weighted by Gasteiger charge is 2.39. The molecule has 0 aromatic carbocycles. The Hall–Kier alpha value is -0.120. The molecule has 2 aliphatic rings. The summed E-state index contributed by atoms with van der Waals surface area (Å²) in [5, 5.41) is 16.5. The van der Waals surface area contributed by atoms with Crippen LogP contribution in [0.15, 0.2) is 0 Å². The fraction of sp³-hybridized carbons (Fsp3) is 1.00. The van der Waals surface area contributed by atoms with Crippen LogP contribution in [0.5, 0.6) is 0 Å². The number of aliphatic hydroxyl groups is 1. The van der Waals surface area contributed by atoms with Crippen LogP contribution in [0.25, 0.3) is 0 Å². The summed E-state index contributed by atoms with van der Waals surface area (Å²) in [6.07, 6.45) is 5.44. The third-order valence-electron chi connectivity index (χ3n) is 3.19. The van der Waals surface area contributed by atoms with Gasteiger partial charge in [0, 0.05) is 6.04 Å². The molecule has 3 heteroatoms. The van der Waals surface area contributed by atoms with Gasteiger partial charge in [0.25, 0.3) is 0 Å². The van der Waals surface area contributed by atoms with E-state index in [0.29, 0.717) is 6.04 Å². The minimum atomic E-state index is -0.278. The fourth-order valence-electron chi connectivity index (χ4n) is 1.93. The lowest BCUT2D eigenvalue weighted by molar-refractivity contribution is 0.138. The molecule has 0 aromatic heterocycles. The molecule has 3 N–H and O–H groups in total. The van der Waals surface area contributed by atoms with Crippen LogP contribution in [0.3, 0.4) is 0 Å². The lowest BCUT2D eigenvalue weighted by Crippen LogP contribution is -2.40. The average Bonchev–Trinajstić information content (AvgIpc) is 2.86. The van der Waals surface area contributed by atoms with Crippen molar-refractivity contribution >= 4 is 0 Å². The molecule has 2 rings (SSSR count). The molecule has 76 valence electrons. The SMILES string of the molecule is OC1(CCNC2CCNCC2)CC1. The number of rotatable bonds is 4. The lowest BCUT2D eigenvalue weighted by Gasteiger charge is -2.24. The molecule has 0 bridgehead atoms. The van der Waals surface area contributed by atoms with Crippen molar-refractivity contribution in [1.29, 1.82) is 0 Å². The average molecular weight is 184 g/mol. The molecular weight excluding hydrogens is 164 g/mol. The highest BCUT2D eigenvalue weighted by atomic mass is 16.3. The normalized spacial score (nSPS) is 27.5. The lowest BCUT2D eigenvalue weighted by atomic mass is 10.1. The quantitative estimate of drug-likeness (QED) is 0.586. The highest BCUT2D eigenvalue weighted by Crippen LogP contribution is 2.37. The highest BCUT2D eigenvalue weighted by molar-refractivity contribution is 4.93. The predicted octanol–water partition coefficient (Wildman–Crippen LogP) is 0.243. The number of hydrogen-bond donors (Lipinski definition) is 3. The van der Waals surface area contributed by atoms with Gasteiger partial charge in [-0.25, -0.2) is 0 Å². The Bertz CT molecular complexity index is 162. The Balaban J connectivity index is 1.56. The maximum absolute atomic E-state index is 9.61. The minimum absolute atomic E-state index is 0.278. The van der Waals surface area contributed by atoms with Gasteiger partial charge in [-0.2, -0.15) is 0 Å². The second kappa shape index (κ2) is 3.95. The van der Waals surface area contributed by atoms with Gasteiger partial charge in [-0.15, -0.1) is 0 Å². The van der Waals surface area contributed by atoms with Crippen molar-refractivity contribution in [3.63, 3.8) is 0 Å². The first-order valence-electron chi connectivity index (χ1n) is 5.45. The molecule has 1 heterocycles. The molecule has 0 spiro atoms. The van der Waals surface area contributed by atoms with Crippen LogP contribution in [0.1, 0.15) is 32.1 Å². The van der Waals surface area contributed by atoms with Crippen molar-refractivity contribution in [2.24, 2.45) is 0 Å². The van der Waals surface area contributed by atoms with Crippen LogP contribution in [0.2, 0.25) is 0 Å². The Morgan fingerprint density at radius 1 is 1.31 bits per heavy atom. The second-order valence-electron chi connectivity index (χ2n) is 4.45. The first-order valence-corrected chi connectivity index (χ1v) is 5.45. The molecule has 1 aliphatic carbocycles. The van der Waals surface area contributed by atoms with Crippen LogP contribution in [-0.4, -0.2) is 36.4 Å². The Labute approximate surface area is 79.9 Å². The van der Waals surface area contributed by atoms with Crippen molar-refractivity contribution in [3.8, 4) is 0 Å². The van der Waals surface area contributed by atoms with Crippen molar-refractivity contribution in [2.75, 3.05) is 19.6 Å². The summed E-state index contributed by atoms with van der Waals surface area (Å²) in [6, 6.07) is 0.684. The van der Waals surface area contributed by atoms with Crippen LogP contribution in [0.4, 0.5) is 0 Å². The van der Waals surface area contributed by atoms with Crippen LogP contribution in [-0.2, 0) is 0 Å². The largest absolute Gasteiger partial charge is 0.390 e. The van der Waals surface area contributed by atoms with E-state index in [2.05, 4.69) is 10.6 Å². The molecule has 3 nitrogen and oxygen atoms in total. The molecule has 1 saturated carbocycles. The smallest absolute Gasteiger partial charge is 0.0662 e. The van der Waals surface area contributed by atoms with E-state index in [4.69, 9.17) is 0 Å². The Morgan fingerprint density at radius 3 is 2.62 bits per heavy atom. The minimum Gasteiger partial charge on any atom is -0.390 e. The van der Waals surface area contributed by atoms with E-state index < -0.39 is 0 Å². The van der Waals surface area contributed by atoms with E-state index in [-0.39, 0.29) is 5.60 Å². The summed E-state index contributed by atoms with van der Waals surface area (Å²) in [5.41, 5.74) is -0.278. The molecular formula is C10H20N2O. The van der Waals surface area contributed by atoms with Gasteiger partial charge in [0.2, 0.25) is 0 Å². The maximum atomic E-state index is 9.61. The molecule has 0 aromatic rings. The molecule has 0 amide bonds. The van der Waals surface area contributed by atoms with Gasteiger partial charge in [0.1, 0.15) is 0 Å². The van der Waals surface area contributed by atoms with Crippen LogP contribution in [0, 0.1) is 0 Å². The van der Waals surface area contributed by atoms with Gasteiger partial charge in [0.05, 0.1) is 5.60 Å². The van der Waals surface area contributed by atoms with Gasteiger partial charge in [-0.1, -0.05) is 0 Å². The Kier molecular flexibility index (Phi) is 2.86. The summed E-state index contributed by atoms with van der Waals surface area (Å²) in [5.74, 6) is 0. The topological polar surface area (TPSA) is 44.3 Å². The van der Waals surface area contributed by atoms with E-state index in [0.717, 1.165) is 38.9 Å². The van der Waals surface area contributed by atoms with Crippen molar-refractivity contribution in [2.45, 2.75) is 43.7 Å². The van der Waals surface area contributed by atoms with Gasteiger partial charge >= 0.3 is 0 Å². The third kappa shape index (κ3) is 2.93. The summed E-state index contributed by atoms with van der Waals surface area (Å²) in [6.45, 7) is 3.27. The maximum Gasteiger partial charge on any atom is 0.0662 e. The number of nitrogens with one attached hydrogen (secondary N) is 2. The van der Waals surface area contributed by atoms with E-state index in [1.165, 1.54) is 12.8 Å². The van der Waals surface area contributed by atoms with E-state index >= 15 is 0 Å². The zero-order valence-corrected chi connectivity index (χ0v) is 8.18. The molecule has 1 aliphatic heterocycles. The van der Waals surface area contributed by atoms with Crippen molar-refractivity contribution in [3.05, 3.63) is 0 Å². The molecule has 2 fully saturated rings. The first kappa shape index (κ1) is 9.44. The Morgan fingerprint density at radius 2 is 2.00 bits per heavy atom. The molecule has 0 unspecified atom stereocenters. The molecule has 0 atom stereocenters. The first-order chi connectivity index (χ1) is 6.29. The number of piperidine rings is 1. The second-order valence-corrected chi connectivity index (χ2v) is 4.45. The van der Waals surface area contributed by atoms with E-state index in [1.54, 1.807) is 0 Å². The molecule has 13 heavy (non-hydrogen) atoms. The molecule has 0 radical (unpaired) electrons. The zero-order valence-electron chi connectivity index (χ0n) is 8.18. The van der Waals surface area contributed by atoms with Crippen molar-refractivity contribution < 1.29 is 5.11 Å². The van der Waals surface area contributed by atoms with Gasteiger partial charge in [-0.3, -0.25) is 0 Å². The van der Waals surface area contributed by atoms with Gasteiger partial charge < -0.3 is 15.7 Å². The zero-order chi connectivity index (χ0) is 9.15. The predicted molar refractivity (Wildman–Crippen MR) is 52.7 cm³/mol. The third-order valence-corrected chi connectivity index (χ3v) is 3.19. The van der Waals surface area contributed by atoms with E-state index in [9.17, 15) is 5.11 Å². The standard InChI is InChI=1S/C10H20N2O/c13-10(3-4-10)5-8-12-9-1-6-11-7-2-9/h9,11-13H,1-8H2. The summed E-state index contributed by atoms with van der Waals surface area (Å²) in [7, 11) is 0. The summed E-state index contributed by atoms with van der Waals surface area (Å²) in [4.78, 5) is 0. The van der Waals surface area contributed by atoms with Gasteiger partial charge in [0.15, 0.2) is 0 Å². The monoisotopic (exact) mass is 184 g/mol. The van der Waals surface area contributed by atoms with Crippen molar-refractivity contribution in [1.82, 2.24) is 10.6 Å². The fourth-order valence-corrected chi connectivity index (χ4v) is 1.93. The summed E-state index contributed by atoms with van der Waals surface area (Å²) >= 11 is 0. The van der Waals surface area contributed by atoms with Crippen LogP contribution < -0.4 is 10.6 Å². The van der Waals surface area contributed by atoms with Gasteiger partial charge in [-0.05, 0) is 51.7 Å².